The number of rotatable bonds is 4. The summed E-state index contributed by atoms with van der Waals surface area (Å²) in [5, 5.41) is 3.25. The van der Waals surface area contributed by atoms with E-state index in [9.17, 15) is 35.9 Å². The van der Waals surface area contributed by atoms with E-state index in [0.717, 1.165) is 36.4 Å². The Morgan fingerprint density at radius 1 is 0.970 bits per heavy atom. The average molecular weight is 490 g/mol. The lowest BCUT2D eigenvalue weighted by Crippen LogP contribution is -2.35. The molecular formula is C20H10ClF6N3O3. The van der Waals surface area contributed by atoms with Crippen molar-refractivity contribution in [2.75, 3.05) is 5.32 Å². The number of anilines is 1. The molecule has 3 amide bonds. The molecule has 0 unspecified atom stereocenters. The fourth-order valence-electron chi connectivity index (χ4n) is 2.46. The van der Waals surface area contributed by atoms with Gasteiger partial charge in [-0.15, -0.1) is 0 Å². The fraction of sp³-hybridized carbons (Fsp3) is 0.0500. The smallest absolute Gasteiger partial charge is 0.417 e. The minimum Gasteiger partial charge on any atom is -0.434 e. The van der Waals surface area contributed by atoms with Gasteiger partial charge in [-0.25, -0.2) is 22.9 Å². The van der Waals surface area contributed by atoms with Crippen molar-refractivity contribution < 1.29 is 40.7 Å². The zero-order chi connectivity index (χ0) is 24.3. The number of alkyl halides is 3. The Labute approximate surface area is 186 Å². The highest BCUT2D eigenvalue weighted by molar-refractivity contribution is 6.31. The number of carbonyl (C=O) groups excluding carboxylic acids is 2. The maximum absolute atomic E-state index is 14.1. The highest BCUT2D eigenvalue weighted by atomic mass is 35.5. The molecule has 6 nitrogen and oxygen atoms in total. The first-order valence-corrected chi connectivity index (χ1v) is 9.10. The van der Waals surface area contributed by atoms with Gasteiger partial charge < -0.3 is 10.1 Å². The molecule has 2 aromatic carbocycles. The molecule has 1 heterocycles. The number of aromatic nitrogens is 1. The number of benzene rings is 2. The number of urea groups is 1. The number of halogens is 7. The van der Waals surface area contributed by atoms with Crippen molar-refractivity contribution in [1.29, 1.82) is 0 Å². The van der Waals surface area contributed by atoms with Crippen LogP contribution in [0.1, 0.15) is 15.9 Å². The Bertz CT molecular complexity index is 1220. The van der Waals surface area contributed by atoms with Gasteiger partial charge in [0.2, 0.25) is 5.88 Å². The van der Waals surface area contributed by atoms with Crippen LogP contribution >= 0.6 is 11.6 Å². The zero-order valence-corrected chi connectivity index (χ0v) is 16.7. The Morgan fingerprint density at radius 2 is 1.64 bits per heavy atom. The van der Waals surface area contributed by atoms with Gasteiger partial charge in [-0.05, 0) is 30.3 Å². The molecule has 0 radical (unpaired) electrons. The van der Waals surface area contributed by atoms with E-state index in [0.29, 0.717) is 12.3 Å². The second-order valence-electron chi connectivity index (χ2n) is 6.26. The molecule has 0 aliphatic carbocycles. The van der Waals surface area contributed by atoms with Crippen LogP contribution in [0.5, 0.6) is 11.6 Å². The van der Waals surface area contributed by atoms with Crippen LogP contribution in [0.25, 0.3) is 0 Å². The molecule has 1 aromatic heterocycles. The molecule has 0 saturated heterocycles. The van der Waals surface area contributed by atoms with Gasteiger partial charge in [0.1, 0.15) is 22.2 Å². The number of pyridine rings is 1. The predicted molar refractivity (Wildman–Crippen MR) is 104 cm³/mol. The summed E-state index contributed by atoms with van der Waals surface area (Å²) in [7, 11) is 0. The van der Waals surface area contributed by atoms with Gasteiger partial charge >= 0.3 is 12.2 Å². The lowest BCUT2D eigenvalue weighted by atomic mass is 10.2. The molecule has 172 valence electrons. The first-order valence-electron chi connectivity index (χ1n) is 8.72. The van der Waals surface area contributed by atoms with Crippen LogP contribution in [0.2, 0.25) is 5.02 Å². The number of hydrogen-bond donors (Lipinski definition) is 2. The second-order valence-corrected chi connectivity index (χ2v) is 6.67. The number of nitrogens with zero attached hydrogens (tertiary/aromatic N) is 1. The molecule has 0 saturated carbocycles. The topological polar surface area (TPSA) is 80.3 Å². The number of hydrogen-bond acceptors (Lipinski definition) is 4. The summed E-state index contributed by atoms with van der Waals surface area (Å²) in [4.78, 5) is 27.3. The first kappa shape index (κ1) is 23.9. The van der Waals surface area contributed by atoms with Gasteiger partial charge in [0, 0.05) is 18.0 Å². The number of amides is 3. The Balaban J connectivity index is 1.74. The van der Waals surface area contributed by atoms with E-state index in [4.69, 9.17) is 16.3 Å². The summed E-state index contributed by atoms with van der Waals surface area (Å²) in [6.45, 7) is 0. The van der Waals surface area contributed by atoms with Gasteiger partial charge in [0.25, 0.3) is 5.91 Å². The maximum atomic E-state index is 14.1. The van der Waals surface area contributed by atoms with E-state index < -0.39 is 63.3 Å². The third-order valence-electron chi connectivity index (χ3n) is 3.95. The van der Waals surface area contributed by atoms with Crippen molar-refractivity contribution >= 4 is 29.2 Å². The molecule has 3 rings (SSSR count). The van der Waals surface area contributed by atoms with Crippen LogP contribution in [0.3, 0.4) is 0 Å². The molecule has 0 aliphatic rings. The monoisotopic (exact) mass is 489 g/mol. The lowest BCUT2D eigenvalue weighted by Gasteiger charge is -2.12. The molecule has 13 heteroatoms. The van der Waals surface area contributed by atoms with Crippen molar-refractivity contribution in [3.8, 4) is 11.6 Å². The number of ether oxygens (including phenoxy) is 1. The SMILES string of the molecule is O=C(NC(=O)c1c(F)cccc1F)Nc1ccc(F)c(Oc2ncc(C(F)(F)F)cc2Cl)c1. The van der Waals surface area contributed by atoms with E-state index in [-0.39, 0.29) is 5.69 Å². The van der Waals surface area contributed by atoms with Crippen LogP contribution in [0, 0.1) is 17.5 Å². The third kappa shape index (κ3) is 5.71. The van der Waals surface area contributed by atoms with E-state index in [2.05, 4.69) is 10.3 Å². The van der Waals surface area contributed by atoms with Crippen LogP contribution < -0.4 is 15.4 Å². The number of carbonyl (C=O) groups is 2. The summed E-state index contributed by atoms with van der Waals surface area (Å²) in [6.07, 6.45) is -4.28. The molecule has 33 heavy (non-hydrogen) atoms. The molecule has 0 spiro atoms. The van der Waals surface area contributed by atoms with Crippen molar-refractivity contribution in [3.05, 3.63) is 82.3 Å². The third-order valence-corrected chi connectivity index (χ3v) is 4.22. The molecule has 0 aliphatic heterocycles. The Kier molecular flexibility index (Phi) is 6.77. The molecule has 2 N–H and O–H groups in total. The van der Waals surface area contributed by atoms with Gasteiger partial charge in [0.15, 0.2) is 11.6 Å². The fourth-order valence-corrected chi connectivity index (χ4v) is 2.67. The number of nitrogens with one attached hydrogen (secondary N) is 2. The van der Waals surface area contributed by atoms with E-state index in [1.807, 2.05) is 0 Å². The van der Waals surface area contributed by atoms with E-state index in [1.165, 1.54) is 0 Å². The first-order chi connectivity index (χ1) is 15.5. The lowest BCUT2D eigenvalue weighted by molar-refractivity contribution is -0.137. The normalized spacial score (nSPS) is 11.1. The second kappa shape index (κ2) is 9.36. The number of imide groups is 1. The quantitative estimate of drug-likeness (QED) is 0.445. The summed E-state index contributed by atoms with van der Waals surface area (Å²) < 4.78 is 84.5. The predicted octanol–water partition coefficient (Wildman–Crippen LogP) is 5.93. The molecular weight excluding hydrogens is 480 g/mol. The Hall–Kier alpha value is -3.80. The van der Waals surface area contributed by atoms with E-state index >= 15 is 0 Å². The summed E-state index contributed by atoms with van der Waals surface area (Å²) in [6, 6.07) is 4.78. The van der Waals surface area contributed by atoms with E-state index in [1.54, 1.807) is 5.32 Å². The van der Waals surface area contributed by atoms with Crippen molar-refractivity contribution in [2.24, 2.45) is 0 Å². The summed E-state index contributed by atoms with van der Waals surface area (Å²) in [5.41, 5.74) is -2.28. The molecule has 0 atom stereocenters. The van der Waals surface area contributed by atoms with Gasteiger partial charge in [-0.1, -0.05) is 17.7 Å². The van der Waals surface area contributed by atoms with Crippen LogP contribution in [0.15, 0.2) is 48.7 Å². The molecule has 3 aromatic rings. The zero-order valence-electron chi connectivity index (χ0n) is 15.9. The van der Waals surface area contributed by atoms with Crippen LogP contribution in [-0.4, -0.2) is 16.9 Å². The summed E-state index contributed by atoms with van der Waals surface area (Å²) in [5.74, 6) is -5.87. The molecule has 0 bridgehead atoms. The standard InChI is InChI=1S/C20H10ClF6N3O3/c21-11-6-9(20(25,26)27)8-28-18(11)33-15-7-10(4-5-12(15)22)29-19(32)30-17(31)16-13(23)2-1-3-14(16)24/h1-8H,(H2,29,30,31,32). The van der Waals surface area contributed by atoms with Gasteiger partial charge in [-0.3, -0.25) is 10.1 Å². The minimum absolute atomic E-state index is 0.145. The van der Waals surface area contributed by atoms with Gasteiger partial charge in [0.05, 0.1) is 5.56 Å². The minimum atomic E-state index is -4.71. The largest absolute Gasteiger partial charge is 0.434 e. The molecule has 0 fully saturated rings. The average Bonchev–Trinajstić information content (AvgIpc) is 2.71. The van der Waals surface area contributed by atoms with Gasteiger partial charge in [-0.2, -0.15) is 13.2 Å². The maximum Gasteiger partial charge on any atom is 0.417 e. The highest BCUT2D eigenvalue weighted by Crippen LogP contribution is 2.35. The van der Waals surface area contributed by atoms with Crippen LogP contribution in [-0.2, 0) is 6.18 Å². The Morgan fingerprint density at radius 3 is 2.24 bits per heavy atom. The van der Waals surface area contributed by atoms with Crippen molar-refractivity contribution in [1.82, 2.24) is 10.3 Å². The van der Waals surface area contributed by atoms with Crippen molar-refractivity contribution in [3.63, 3.8) is 0 Å². The summed E-state index contributed by atoms with van der Waals surface area (Å²) >= 11 is 5.71. The van der Waals surface area contributed by atoms with Crippen molar-refractivity contribution in [2.45, 2.75) is 6.18 Å². The highest BCUT2D eigenvalue weighted by Gasteiger charge is 2.32. The van der Waals surface area contributed by atoms with Crippen LogP contribution in [0.4, 0.5) is 36.8 Å².